The number of methoxy groups -OCH3 is 1. The van der Waals surface area contributed by atoms with Crippen LogP contribution in [0.25, 0.3) is 32.9 Å². The Morgan fingerprint density at radius 2 is 1.59 bits per heavy atom. The monoisotopic (exact) mass is 444 g/mol. The maximum atomic E-state index is 12.7. The zero-order valence-electron chi connectivity index (χ0n) is 16.8. The van der Waals surface area contributed by atoms with Crippen molar-refractivity contribution in [1.82, 2.24) is 0 Å². The van der Waals surface area contributed by atoms with Crippen LogP contribution in [-0.2, 0) is 4.74 Å². The number of furan rings is 1. The second-order valence-corrected chi connectivity index (χ2v) is 7.53. The lowest BCUT2D eigenvalue weighted by Crippen LogP contribution is -2.60. The van der Waals surface area contributed by atoms with E-state index in [1.54, 1.807) is 30.3 Å². The van der Waals surface area contributed by atoms with E-state index in [4.69, 9.17) is 23.0 Å². The summed E-state index contributed by atoms with van der Waals surface area (Å²) in [5, 5.41) is 40.7. The van der Waals surface area contributed by atoms with E-state index in [1.165, 1.54) is 13.2 Å². The fourth-order valence-corrected chi connectivity index (χ4v) is 3.89. The van der Waals surface area contributed by atoms with Crippen LogP contribution in [0.4, 0.5) is 0 Å². The first-order valence-electron chi connectivity index (χ1n) is 9.85. The topological polar surface area (TPSA) is 152 Å². The lowest BCUT2D eigenvalue weighted by Gasteiger charge is -2.39. The van der Waals surface area contributed by atoms with Crippen molar-refractivity contribution >= 4 is 32.9 Å². The number of aliphatic hydroxyl groups is 4. The summed E-state index contributed by atoms with van der Waals surface area (Å²) in [5.74, 6) is 0.752. The minimum absolute atomic E-state index is 0.169. The quantitative estimate of drug-likeness (QED) is 0.334. The Bertz CT molecular complexity index is 1350. The SMILES string of the molecule is COc1ccc2c(c1)oc1c3ccc(O[C@H]4O[C@H](CO)[C@H](O)[C@@H](O)[C@H]4O)cc3oc(=O)c21. The van der Waals surface area contributed by atoms with E-state index in [2.05, 4.69) is 0 Å². The molecule has 5 atom stereocenters. The molecule has 168 valence electrons. The molecule has 0 bridgehead atoms. The van der Waals surface area contributed by atoms with Gasteiger partial charge in [0.2, 0.25) is 6.29 Å². The lowest BCUT2D eigenvalue weighted by molar-refractivity contribution is -0.277. The number of fused-ring (bicyclic) bond motifs is 5. The maximum Gasteiger partial charge on any atom is 0.348 e. The molecule has 10 heteroatoms. The van der Waals surface area contributed by atoms with Crippen LogP contribution >= 0.6 is 0 Å². The van der Waals surface area contributed by atoms with Crippen molar-refractivity contribution in [2.24, 2.45) is 0 Å². The van der Waals surface area contributed by atoms with E-state index < -0.39 is 42.9 Å². The number of rotatable bonds is 4. The van der Waals surface area contributed by atoms with Crippen LogP contribution < -0.4 is 15.1 Å². The Labute approximate surface area is 179 Å². The van der Waals surface area contributed by atoms with Gasteiger partial charge in [0, 0.05) is 17.5 Å². The van der Waals surface area contributed by atoms with E-state index in [0.29, 0.717) is 33.1 Å². The van der Waals surface area contributed by atoms with E-state index in [9.17, 15) is 25.2 Å². The average molecular weight is 444 g/mol. The molecular formula is C22H20O10. The van der Waals surface area contributed by atoms with Crippen molar-refractivity contribution in [2.75, 3.05) is 13.7 Å². The van der Waals surface area contributed by atoms with Gasteiger partial charge in [0.15, 0.2) is 5.58 Å². The molecule has 0 saturated carbocycles. The van der Waals surface area contributed by atoms with Crippen molar-refractivity contribution in [3.8, 4) is 11.5 Å². The predicted molar refractivity (Wildman–Crippen MR) is 111 cm³/mol. The Balaban J connectivity index is 1.55. The van der Waals surface area contributed by atoms with Crippen molar-refractivity contribution in [3.05, 3.63) is 46.8 Å². The second kappa shape index (κ2) is 7.76. The van der Waals surface area contributed by atoms with Crippen LogP contribution in [0.1, 0.15) is 0 Å². The molecule has 0 amide bonds. The minimum atomic E-state index is -1.57. The minimum Gasteiger partial charge on any atom is -0.497 e. The standard InChI is InChI=1S/C22H20O10/c1-28-9-2-4-11-13(6-9)30-20-12-5-3-10(7-14(12)31-21(27)16(11)20)29-22-19(26)18(25)17(24)15(8-23)32-22/h2-7,15,17-19,22-26H,8H2,1H3/t15-,17+,18-,19-,22+/m1/s1. The summed E-state index contributed by atoms with van der Waals surface area (Å²) in [6.07, 6.45) is -7.11. The van der Waals surface area contributed by atoms with Crippen LogP contribution in [0.15, 0.2) is 50.0 Å². The van der Waals surface area contributed by atoms with Crippen LogP contribution in [0.5, 0.6) is 11.5 Å². The van der Waals surface area contributed by atoms with E-state index in [0.717, 1.165) is 0 Å². The summed E-state index contributed by atoms with van der Waals surface area (Å²) < 4.78 is 27.5. The fourth-order valence-electron chi connectivity index (χ4n) is 3.89. The summed E-state index contributed by atoms with van der Waals surface area (Å²) in [4.78, 5) is 12.7. The molecule has 0 aliphatic carbocycles. The highest BCUT2D eigenvalue weighted by atomic mass is 16.7. The molecule has 2 aromatic carbocycles. The summed E-state index contributed by atoms with van der Waals surface area (Å²) in [6.45, 7) is -0.577. The highest BCUT2D eigenvalue weighted by molar-refractivity contribution is 6.13. The molecule has 10 nitrogen and oxygen atoms in total. The Morgan fingerprint density at radius 1 is 0.906 bits per heavy atom. The summed E-state index contributed by atoms with van der Waals surface area (Å²) >= 11 is 0. The number of hydrogen-bond acceptors (Lipinski definition) is 10. The molecule has 0 radical (unpaired) electrons. The summed E-state index contributed by atoms with van der Waals surface area (Å²) in [7, 11) is 1.53. The molecule has 1 fully saturated rings. The van der Waals surface area contributed by atoms with Crippen molar-refractivity contribution in [3.63, 3.8) is 0 Å². The third-order valence-electron chi connectivity index (χ3n) is 5.60. The van der Waals surface area contributed by atoms with E-state index in [-0.39, 0.29) is 11.3 Å². The van der Waals surface area contributed by atoms with Gasteiger partial charge in [0.25, 0.3) is 0 Å². The molecule has 4 N–H and O–H groups in total. The van der Waals surface area contributed by atoms with E-state index in [1.807, 2.05) is 0 Å². The van der Waals surface area contributed by atoms with Crippen LogP contribution in [0.2, 0.25) is 0 Å². The largest absolute Gasteiger partial charge is 0.497 e. The maximum absolute atomic E-state index is 12.7. The molecule has 0 unspecified atom stereocenters. The van der Waals surface area contributed by atoms with Gasteiger partial charge in [-0.3, -0.25) is 0 Å². The zero-order valence-corrected chi connectivity index (χ0v) is 16.8. The normalized spacial score (nSPS) is 26.1. The number of hydrogen-bond donors (Lipinski definition) is 4. The van der Waals surface area contributed by atoms with Crippen LogP contribution in [-0.4, -0.2) is 64.8 Å². The molecule has 4 aromatic rings. The third-order valence-corrected chi connectivity index (χ3v) is 5.60. The van der Waals surface area contributed by atoms with Gasteiger partial charge < -0.3 is 43.5 Å². The number of benzene rings is 2. The first-order chi connectivity index (χ1) is 15.4. The Morgan fingerprint density at radius 3 is 2.34 bits per heavy atom. The molecule has 3 heterocycles. The number of ether oxygens (including phenoxy) is 3. The second-order valence-electron chi connectivity index (χ2n) is 7.53. The molecule has 1 aliphatic rings. The van der Waals surface area contributed by atoms with Gasteiger partial charge in [-0.25, -0.2) is 4.79 Å². The molecule has 2 aromatic heterocycles. The fraction of sp³-hybridized carbons (Fsp3) is 0.318. The Hall–Kier alpha value is -3.15. The average Bonchev–Trinajstić information content (AvgIpc) is 3.18. The van der Waals surface area contributed by atoms with Crippen LogP contribution in [0.3, 0.4) is 0 Å². The number of aliphatic hydroxyl groups excluding tert-OH is 4. The highest BCUT2D eigenvalue weighted by Gasteiger charge is 2.44. The molecule has 5 rings (SSSR count). The lowest BCUT2D eigenvalue weighted by atomic mass is 9.99. The molecule has 32 heavy (non-hydrogen) atoms. The highest BCUT2D eigenvalue weighted by Crippen LogP contribution is 2.35. The smallest absolute Gasteiger partial charge is 0.348 e. The van der Waals surface area contributed by atoms with Gasteiger partial charge in [-0.15, -0.1) is 0 Å². The molecular weight excluding hydrogens is 424 g/mol. The van der Waals surface area contributed by atoms with Gasteiger partial charge in [-0.2, -0.15) is 0 Å². The summed E-state index contributed by atoms with van der Waals surface area (Å²) in [6, 6.07) is 9.72. The van der Waals surface area contributed by atoms with Gasteiger partial charge >= 0.3 is 5.63 Å². The van der Waals surface area contributed by atoms with Gasteiger partial charge in [-0.05, 0) is 24.3 Å². The first-order valence-corrected chi connectivity index (χ1v) is 9.85. The zero-order chi connectivity index (χ0) is 22.6. The van der Waals surface area contributed by atoms with E-state index >= 15 is 0 Å². The van der Waals surface area contributed by atoms with Crippen LogP contribution in [0, 0.1) is 0 Å². The van der Waals surface area contributed by atoms with Gasteiger partial charge in [-0.1, -0.05) is 0 Å². The Kier molecular flexibility index (Phi) is 5.03. The van der Waals surface area contributed by atoms with Crippen molar-refractivity contribution in [1.29, 1.82) is 0 Å². The first kappa shape index (κ1) is 20.7. The molecule has 0 spiro atoms. The van der Waals surface area contributed by atoms with Crippen molar-refractivity contribution in [2.45, 2.75) is 30.7 Å². The summed E-state index contributed by atoms with van der Waals surface area (Å²) in [5.41, 5.74) is 0.400. The molecule has 1 saturated heterocycles. The third kappa shape index (κ3) is 3.20. The van der Waals surface area contributed by atoms with Gasteiger partial charge in [0.05, 0.1) is 19.1 Å². The predicted octanol–water partition coefficient (Wildman–Crippen LogP) is 0.880. The molecule has 1 aliphatic heterocycles. The van der Waals surface area contributed by atoms with Crippen molar-refractivity contribution < 1.29 is 43.5 Å². The van der Waals surface area contributed by atoms with Gasteiger partial charge in [0.1, 0.15) is 52.5 Å².